The van der Waals surface area contributed by atoms with Gasteiger partial charge in [-0.3, -0.25) is 4.79 Å². The largest absolute Gasteiger partial charge is 0.497 e. The second kappa shape index (κ2) is 4.00. The van der Waals surface area contributed by atoms with Crippen LogP contribution in [-0.4, -0.2) is 22.8 Å². The number of halogens is 2. The highest BCUT2D eigenvalue weighted by molar-refractivity contribution is 6.04. The average Bonchev–Trinajstić information content (AvgIpc) is 2.67. The van der Waals surface area contributed by atoms with Gasteiger partial charge in [0.1, 0.15) is 5.75 Å². The third-order valence-corrected chi connectivity index (χ3v) is 2.33. The Morgan fingerprint density at radius 2 is 2.24 bits per heavy atom. The van der Waals surface area contributed by atoms with Gasteiger partial charge in [-0.2, -0.15) is 13.9 Å². The lowest BCUT2D eigenvalue weighted by Gasteiger charge is -2.02. The molecule has 0 radical (unpaired) electrons. The lowest BCUT2D eigenvalue weighted by molar-refractivity contribution is 0.0608. The molecule has 2 N–H and O–H groups in total. The van der Waals surface area contributed by atoms with Crippen molar-refractivity contribution >= 4 is 16.8 Å². The van der Waals surface area contributed by atoms with Crippen LogP contribution < -0.4 is 10.5 Å². The van der Waals surface area contributed by atoms with Gasteiger partial charge in [0.2, 0.25) is 0 Å². The summed E-state index contributed by atoms with van der Waals surface area (Å²) in [5.74, 6) is -0.449. The van der Waals surface area contributed by atoms with Crippen LogP contribution in [0.15, 0.2) is 18.2 Å². The topological polar surface area (TPSA) is 70.1 Å². The summed E-state index contributed by atoms with van der Waals surface area (Å²) in [5, 5.41) is 3.78. The number of nitrogens with two attached hydrogens (primary N) is 1. The molecule has 0 aliphatic heterocycles. The van der Waals surface area contributed by atoms with Crippen molar-refractivity contribution < 1.29 is 18.3 Å². The molecule has 1 heterocycles. The monoisotopic (exact) mass is 241 g/mol. The number of carbonyl (C=O) groups is 1. The van der Waals surface area contributed by atoms with Crippen LogP contribution in [0.2, 0.25) is 0 Å². The Balaban J connectivity index is 2.76. The van der Waals surface area contributed by atoms with Crippen LogP contribution in [0.5, 0.6) is 5.75 Å². The first-order valence-electron chi connectivity index (χ1n) is 4.69. The van der Waals surface area contributed by atoms with E-state index in [-0.39, 0.29) is 16.6 Å². The molecule has 0 aliphatic rings. The molecule has 1 aromatic carbocycles. The van der Waals surface area contributed by atoms with E-state index in [0.717, 1.165) is 0 Å². The van der Waals surface area contributed by atoms with Crippen LogP contribution >= 0.6 is 0 Å². The van der Waals surface area contributed by atoms with Gasteiger partial charge >= 0.3 is 6.55 Å². The number of methoxy groups -OCH3 is 1. The first-order valence-corrected chi connectivity index (χ1v) is 4.69. The highest BCUT2D eigenvalue weighted by Gasteiger charge is 2.19. The highest BCUT2D eigenvalue weighted by atomic mass is 19.3. The normalized spacial score (nSPS) is 11.1. The molecule has 5 nitrogen and oxygen atoms in total. The van der Waals surface area contributed by atoms with Gasteiger partial charge in [-0.25, -0.2) is 4.68 Å². The van der Waals surface area contributed by atoms with Crippen molar-refractivity contribution in [1.82, 2.24) is 9.78 Å². The zero-order valence-electron chi connectivity index (χ0n) is 8.85. The summed E-state index contributed by atoms with van der Waals surface area (Å²) in [5.41, 5.74) is 5.00. The molecule has 0 aliphatic carbocycles. The number of aromatic nitrogens is 2. The first-order chi connectivity index (χ1) is 8.04. The fourth-order valence-corrected chi connectivity index (χ4v) is 1.57. The Hall–Kier alpha value is -2.18. The molecule has 1 aromatic heterocycles. The second-order valence-electron chi connectivity index (χ2n) is 3.32. The molecule has 17 heavy (non-hydrogen) atoms. The van der Waals surface area contributed by atoms with Crippen molar-refractivity contribution in [2.24, 2.45) is 5.73 Å². The SMILES string of the molecule is COc1ccc2c(C(N)=O)nn(C(F)F)c2c1. The minimum atomic E-state index is -2.85. The number of rotatable bonds is 3. The first kappa shape index (κ1) is 11.3. The van der Waals surface area contributed by atoms with E-state index in [1.54, 1.807) is 6.07 Å². The van der Waals surface area contributed by atoms with Crippen molar-refractivity contribution in [3.63, 3.8) is 0 Å². The van der Waals surface area contributed by atoms with Gasteiger partial charge < -0.3 is 10.5 Å². The molecule has 0 saturated carbocycles. The van der Waals surface area contributed by atoms with Gasteiger partial charge in [-0.1, -0.05) is 0 Å². The predicted molar refractivity (Wildman–Crippen MR) is 56.1 cm³/mol. The van der Waals surface area contributed by atoms with Crippen molar-refractivity contribution in [2.45, 2.75) is 6.55 Å². The molecule has 1 amide bonds. The molecule has 0 unspecified atom stereocenters. The lowest BCUT2D eigenvalue weighted by atomic mass is 10.2. The van der Waals surface area contributed by atoms with E-state index in [1.165, 1.54) is 19.2 Å². The summed E-state index contributed by atoms with van der Waals surface area (Å²) in [4.78, 5) is 11.1. The zero-order valence-corrected chi connectivity index (χ0v) is 8.85. The number of hydrogen-bond acceptors (Lipinski definition) is 3. The second-order valence-corrected chi connectivity index (χ2v) is 3.32. The molecular formula is C10H9F2N3O2. The number of nitrogens with zero attached hydrogens (tertiary/aromatic N) is 2. The van der Waals surface area contributed by atoms with Crippen molar-refractivity contribution in [3.8, 4) is 5.75 Å². The number of alkyl halides is 2. The fourth-order valence-electron chi connectivity index (χ4n) is 1.57. The summed E-state index contributed by atoms with van der Waals surface area (Å²) in [6.45, 7) is -2.85. The smallest absolute Gasteiger partial charge is 0.333 e. The molecule has 7 heteroatoms. The maximum absolute atomic E-state index is 12.7. The van der Waals surface area contributed by atoms with E-state index in [0.29, 0.717) is 10.4 Å². The van der Waals surface area contributed by atoms with E-state index < -0.39 is 12.5 Å². The van der Waals surface area contributed by atoms with Crippen molar-refractivity contribution in [3.05, 3.63) is 23.9 Å². The Morgan fingerprint density at radius 1 is 1.53 bits per heavy atom. The maximum Gasteiger partial charge on any atom is 0.333 e. The van der Waals surface area contributed by atoms with Crippen molar-refractivity contribution in [2.75, 3.05) is 7.11 Å². The van der Waals surface area contributed by atoms with Gasteiger partial charge in [0, 0.05) is 11.5 Å². The number of benzene rings is 1. The molecule has 0 bridgehead atoms. The standard InChI is InChI=1S/C10H9F2N3O2/c1-17-5-2-3-6-7(4-5)15(10(11)12)14-8(6)9(13)16/h2-4,10H,1H3,(H2,13,16). The third kappa shape index (κ3) is 1.79. The van der Waals surface area contributed by atoms with Gasteiger partial charge in [0.05, 0.1) is 12.6 Å². The molecule has 90 valence electrons. The Labute approximate surface area is 94.8 Å². The molecule has 2 rings (SSSR count). The molecule has 2 aromatic rings. The summed E-state index contributed by atoms with van der Waals surface area (Å²) >= 11 is 0. The summed E-state index contributed by atoms with van der Waals surface area (Å²) in [7, 11) is 1.42. The van der Waals surface area contributed by atoms with E-state index >= 15 is 0 Å². The molecule has 0 fully saturated rings. The van der Waals surface area contributed by atoms with Crippen LogP contribution in [-0.2, 0) is 0 Å². The lowest BCUT2D eigenvalue weighted by Crippen LogP contribution is -2.13. The minimum Gasteiger partial charge on any atom is -0.497 e. The van der Waals surface area contributed by atoms with E-state index in [9.17, 15) is 13.6 Å². The van der Waals surface area contributed by atoms with E-state index in [4.69, 9.17) is 10.5 Å². The summed E-state index contributed by atoms with van der Waals surface area (Å²) in [6.07, 6.45) is 0. The predicted octanol–water partition coefficient (Wildman–Crippen LogP) is 1.54. The Bertz CT molecular complexity index is 580. The Kier molecular flexibility index (Phi) is 2.66. The number of primary amides is 1. The quantitative estimate of drug-likeness (QED) is 0.886. The highest BCUT2D eigenvalue weighted by Crippen LogP contribution is 2.26. The average molecular weight is 241 g/mol. The minimum absolute atomic E-state index is 0.105. The number of fused-ring (bicyclic) bond motifs is 1. The van der Waals surface area contributed by atoms with Crippen LogP contribution in [0.1, 0.15) is 17.0 Å². The Morgan fingerprint density at radius 3 is 2.76 bits per heavy atom. The van der Waals surface area contributed by atoms with Crippen LogP contribution in [0.3, 0.4) is 0 Å². The molecule has 0 atom stereocenters. The number of amides is 1. The molecule has 0 spiro atoms. The maximum atomic E-state index is 12.7. The van der Waals surface area contributed by atoms with Crippen molar-refractivity contribution in [1.29, 1.82) is 0 Å². The van der Waals surface area contributed by atoms with Gasteiger partial charge in [0.25, 0.3) is 5.91 Å². The zero-order chi connectivity index (χ0) is 12.6. The van der Waals surface area contributed by atoms with Crippen LogP contribution in [0.4, 0.5) is 8.78 Å². The van der Waals surface area contributed by atoms with Crippen LogP contribution in [0, 0.1) is 0 Å². The van der Waals surface area contributed by atoms with E-state index in [2.05, 4.69) is 5.10 Å². The van der Waals surface area contributed by atoms with Gasteiger partial charge in [0.15, 0.2) is 5.69 Å². The molecule has 0 saturated heterocycles. The van der Waals surface area contributed by atoms with E-state index in [1.807, 2.05) is 0 Å². The fraction of sp³-hybridized carbons (Fsp3) is 0.200. The summed E-state index contributed by atoms with van der Waals surface area (Å²) < 4.78 is 30.8. The van der Waals surface area contributed by atoms with Crippen LogP contribution in [0.25, 0.3) is 10.9 Å². The summed E-state index contributed by atoms with van der Waals surface area (Å²) in [6, 6.07) is 4.40. The third-order valence-electron chi connectivity index (χ3n) is 2.33. The number of hydrogen-bond donors (Lipinski definition) is 1. The van der Waals surface area contributed by atoms with Gasteiger partial charge in [-0.05, 0) is 12.1 Å². The number of ether oxygens (including phenoxy) is 1. The number of carbonyl (C=O) groups excluding carboxylic acids is 1. The molecular weight excluding hydrogens is 232 g/mol. The van der Waals surface area contributed by atoms with Gasteiger partial charge in [-0.15, -0.1) is 0 Å².